The van der Waals surface area contributed by atoms with Gasteiger partial charge < -0.3 is 10.2 Å². The summed E-state index contributed by atoms with van der Waals surface area (Å²) in [5.74, 6) is -0.781. The Hall–Kier alpha value is -4.78. The van der Waals surface area contributed by atoms with Crippen LogP contribution < -0.4 is 15.6 Å². The van der Waals surface area contributed by atoms with E-state index in [-0.39, 0.29) is 11.3 Å². The van der Waals surface area contributed by atoms with Crippen LogP contribution in [-0.2, 0) is 10.5 Å². The van der Waals surface area contributed by atoms with Crippen LogP contribution >= 0.6 is 11.8 Å². The zero-order valence-corrected chi connectivity index (χ0v) is 22.0. The molecule has 0 aromatic heterocycles. The van der Waals surface area contributed by atoms with E-state index in [4.69, 9.17) is 0 Å². The van der Waals surface area contributed by atoms with Gasteiger partial charge in [-0.05, 0) is 23.3 Å². The molecule has 0 spiro atoms. The number of hydrogen-bond acceptors (Lipinski definition) is 9. The minimum atomic E-state index is -1.09. The average Bonchev–Trinajstić information content (AvgIpc) is 2.92. The van der Waals surface area contributed by atoms with E-state index >= 15 is 0 Å². The molecule has 13 heteroatoms. The van der Waals surface area contributed by atoms with Crippen molar-refractivity contribution in [1.82, 2.24) is 10.7 Å². The van der Waals surface area contributed by atoms with Gasteiger partial charge in [-0.1, -0.05) is 42.5 Å². The number of nitrogens with zero attached hydrogens (tertiary/aromatic N) is 4. The van der Waals surface area contributed by atoms with Crippen LogP contribution in [0.5, 0.6) is 0 Å². The van der Waals surface area contributed by atoms with Crippen LogP contribution in [0.25, 0.3) is 0 Å². The molecule has 0 saturated heterocycles. The third kappa shape index (κ3) is 8.64. The molecule has 2 amide bonds. The Balaban J connectivity index is 1.75. The number of carbonyl (C=O) groups excluding carboxylic acids is 2. The van der Waals surface area contributed by atoms with Gasteiger partial charge in [0.25, 0.3) is 23.2 Å². The number of nitro groups is 2. The summed E-state index contributed by atoms with van der Waals surface area (Å²) in [6.45, 7) is 0. The maximum absolute atomic E-state index is 13.0. The van der Waals surface area contributed by atoms with Gasteiger partial charge in [0.05, 0.1) is 27.7 Å². The van der Waals surface area contributed by atoms with Crippen molar-refractivity contribution in [2.24, 2.45) is 5.10 Å². The fraction of sp³-hybridized carbons (Fsp3) is 0.192. The molecule has 0 bridgehead atoms. The van der Waals surface area contributed by atoms with Crippen LogP contribution in [0, 0.1) is 20.2 Å². The van der Waals surface area contributed by atoms with Gasteiger partial charge in [0.2, 0.25) is 0 Å². The van der Waals surface area contributed by atoms with Gasteiger partial charge in [0, 0.05) is 43.4 Å². The first-order valence-electron chi connectivity index (χ1n) is 11.6. The Morgan fingerprint density at radius 1 is 0.974 bits per heavy atom. The number of anilines is 1. The Bertz CT molecular complexity index is 1330. The second kappa shape index (κ2) is 13.7. The highest BCUT2D eigenvalue weighted by molar-refractivity contribution is 7.98. The first-order valence-corrected chi connectivity index (χ1v) is 12.8. The largest absolute Gasteiger partial charge is 0.378 e. The fourth-order valence-corrected chi connectivity index (χ4v) is 4.35. The van der Waals surface area contributed by atoms with Crippen LogP contribution in [0.4, 0.5) is 17.1 Å². The molecule has 3 aromatic carbocycles. The zero-order valence-electron chi connectivity index (χ0n) is 21.1. The smallest absolute Gasteiger partial charge is 0.277 e. The Morgan fingerprint density at radius 2 is 1.59 bits per heavy atom. The van der Waals surface area contributed by atoms with Crippen molar-refractivity contribution in [3.8, 4) is 0 Å². The molecule has 3 rings (SSSR count). The summed E-state index contributed by atoms with van der Waals surface area (Å²) in [5, 5.41) is 28.9. The van der Waals surface area contributed by atoms with Crippen molar-refractivity contribution in [1.29, 1.82) is 0 Å². The van der Waals surface area contributed by atoms with E-state index in [0.29, 0.717) is 5.75 Å². The van der Waals surface area contributed by atoms with Crippen molar-refractivity contribution in [3.63, 3.8) is 0 Å². The Morgan fingerprint density at radius 3 is 2.15 bits per heavy atom. The van der Waals surface area contributed by atoms with Gasteiger partial charge in [-0.25, -0.2) is 5.43 Å². The highest BCUT2D eigenvalue weighted by atomic mass is 32.2. The topological polar surface area (TPSA) is 160 Å². The van der Waals surface area contributed by atoms with Crippen LogP contribution in [0.3, 0.4) is 0 Å². The number of nitro benzene ring substituents is 2. The van der Waals surface area contributed by atoms with Crippen molar-refractivity contribution in [2.45, 2.75) is 11.8 Å². The second-order valence-corrected chi connectivity index (χ2v) is 9.53. The number of thioether (sulfide) groups is 1. The summed E-state index contributed by atoms with van der Waals surface area (Å²) in [5.41, 5.74) is 3.62. The molecule has 0 aliphatic heterocycles. The summed E-state index contributed by atoms with van der Waals surface area (Å²) in [4.78, 5) is 48.6. The van der Waals surface area contributed by atoms with Crippen LogP contribution in [-0.4, -0.2) is 53.8 Å². The zero-order chi connectivity index (χ0) is 28.4. The van der Waals surface area contributed by atoms with Gasteiger partial charge in [0.1, 0.15) is 6.04 Å². The van der Waals surface area contributed by atoms with Crippen LogP contribution in [0.15, 0.2) is 77.9 Å². The Labute approximate surface area is 228 Å². The molecule has 0 radical (unpaired) electrons. The van der Waals surface area contributed by atoms with Crippen LogP contribution in [0.2, 0.25) is 0 Å². The van der Waals surface area contributed by atoms with E-state index in [1.54, 1.807) is 0 Å². The number of hydrazone groups is 1. The molecule has 0 saturated carbocycles. The lowest BCUT2D eigenvalue weighted by Crippen LogP contribution is -2.47. The lowest BCUT2D eigenvalue weighted by atomic mass is 10.1. The third-order valence-corrected chi connectivity index (χ3v) is 6.51. The van der Waals surface area contributed by atoms with Gasteiger partial charge >= 0.3 is 0 Å². The molecule has 0 aliphatic rings. The van der Waals surface area contributed by atoms with Crippen LogP contribution in [0.1, 0.15) is 21.5 Å². The highest BCUT2D eigenvalue weighted by Gasteiger charge is 2.25. The molecular weight excluding hydrogens is 524 g/mol. The molecule has 0 heterocycles. The first kappa shape index (κ1) is 28.8. The molecular formula is C26H26N6O6S. The summed E-state index contributed by atoms with van der Waals surface area (Å²) < 4.78 is 0. The van der Waals surface area contributed by atoms with E-state index in [9.17, 15) is 29.8 Å². The average molecular weight is 551 g/mol. The molecule has 3 aromatic rings. The SMILES string of the molecule is CN(C)c1ccc(/C=N\NC(=O)[C@@H](CSCc2ccccc2)NC(=O)c2cc([N+](=O)[O-])cc([N+](=O)[O-])c2)cc1. The van der Waals surface area contributed by atoms with E-state index < -0.39 is 39.1 Å². The van der Waals surface area contributed by atoms with Crippen molar-refractivity contribution in [3.05, 3.63) is 110 Å². The van der Waals surface area contributed by atoms with Gasteiger partial charge in [-0.2, -0.15) is 16.9 Å². The highest BCUT2D eigenvalue weighted by Crippen LogP contribution is 2.23. The quantitative estimate of drug-likeness (QED) is 0.196. The summed E-state index contributed by atoms with van der Waals surface area (Å²) >= 11 is 1.38. The van der Waals surface area contributed by atoms with E-state index in [1.807, 2.05) is 73.6 Å². The molecule has 0 aliphatic carbocycles. The van der Waals surface area contributed by atoms with Crippen molar-refractivity contribution in [2.75, 3.05) is 24.7 Å². The standard InChI is InChI=1S/C26H26N6O6S/c1-30(2)21-10-8-18(9-11-21)15-27-29-26(34)24(17-39-16-19-6-4-3-5-7-19)28-25(33)20-12-22(31(35)36)14-23(13-20)32(37)38/h3-15,24H,16-17H2,1-2H3,(H,28,33)(H,29,34)/b27-15-/t24-/m1/s1. The number of nitrogens with one attached hydrogen (secondary N) is 2. The molecule has 0 unspecified atom stereocenters. The molecule has 39 heavy (non-hydrogen) atoms. The number of amides is 2. The fourth-order valence-electron chi connectivity index (χ4n) is 3.34. The van der Waals surface area contributed by atoms with Gasteiger partial charge in [-0.3, -0.25) is 29.8 Å². The number of carbonyl (C=O) groups is 2. The number of non-ortho nitro benzene ring substituents is 2. The van der Waals surface area contributed by atoms with Gasteiger partial charge in [-0.15, -0.1) is 0 Å². The van der Waals surface area contributed by atoms with E-state index in [2.05, 4.69) is 15.8 Å². The molecule has 0 fully saturated rings. The number of benzene rings is 3. The lowest BCUT2D eigenvalue weighted by Gasteiger charge is -2.17. The summed E-state index contributed by atoms with van der Waals surface area (Å²) in [6.07, 6.45) is 1.46. The maximum Gasteiger partial charge on any atom is 0.277 e. The lowest BCUT2D eigenvalue weighted by molar-refractivity contribution is -0.394. The molecule has 1 atom stereocenters. The predicted octanol–water partition coefficient (Wildman–Crippen LogP) is 3.75. The predicted molar refractivity (Wildman–Crippen MR) is 150 cm³/mol. The van der Waals surface area contributed by atoms with Crippen molar-refractivity contribution < 1.29 is 19.4 Å². The van der Waals surface area contributed by atoms with E-state index in [1.165, 1.54) is 18.0 Å². The monoisotopic (exact) mass is 550 g/mol. The first-order chi connectivity index (χ1) is 18.6. The third-order valence-electron chi connectivity index (χ3n) is 5.40. The summed E-state index contributed by atoms with van der Waals surface area (Å²) in [7, 11) is 3.83. The second-order valence-electron chi connectivity index (χ2n) is 8.50. The number of rotatable bonds is 12. The molecule has 12 nitrogen and oxygen atoms in total. The maximum atomic E-state index is 13.0. The van der Waals surface area contributed by atoms with E-state index in [0.717, 1.165) is 35.0 Å². The number of hydrogen-bond donors (Lipinski definition) is 2. The van der Waals surface area contributed by atoms with Gasteiger partial charge in [0.15, 0.2) is 0 Å². The summed E-state index contributed by atoms with van der Waals surface area (Å²) in [6, 6.07) is 18.5. The van der Waals surface area contributed by atoms with Crippen molar-refractivity contribution >= 4 is 46.9 Å². The minimum Gasteiger partial charge on any atom is -0.378 e. The Kier molecular flexibility index (Phi) is 10.1. The molecule has 2 N–H and O–H groups in total. The molecule has 202 valence electrons. The minimum absolute atomic E-state index is 0.149. The normalized spacial score (nSPS) is 11.5.